The number of hydrogen-bond donors (Lipinski definition) is 2. The fraction of sp³-hybridized carbons (Fsp3) is 0.500. The van der Waals surface area contributed by atoms with E-state index in [-0.39, 0.29) is 5.69 Å². The van der Waals surface area contributed by atoms with Gasteiger partial charge in [0.1, 0.15) is 0 Å². The predicted molar refractivity (Wildman–Crippen MR) is 45.2 cm³/mol. The number of aliphatic hydroxyl groups excluding tert-OH is 1. The lowest BCUT2D eigenvalue weighted by atomic mass is 10.2. The summed E-state index contributed by atoms with van der Waals surface area (Å²) in [6.45, 7) is 3.62. The Hall–Kier alpha value is -1.36. The summed E-state index contributed by atoms with van der Waals surface area (Å²) in [7, 11) is 0. The van der Waals surface area contributed by atoms with E-state index in [0.29, 0.717) is 12.3 Å². The van der Waals surface area contributed by atoms with Crippen molar-refractivity contribution in [3.63, 3.8) is 0 Å². The van der Waals surface area contributed by atoms with Crippen molar-refractivity contribution in [1.82, 2.24) is 10.2 Å². The number of esters is 1. The molecule has 0 spiro atoms. The molecule has 0 amide bonds. The summed E-state index contributed by atoms with van der Waals surface area (Å²) in [6.07, 6.45) is -0.657. The van der Waals surface area contributed by atoms with E-state index < -0.39 is 12.1 Å². The fourth-order valence-electron chi connectivity index (χ4n) is 0.860. The molecule has 0 bridgehead atoms. The standard InChI is InChI=1S/C8H12N2O3/c1-3-13-8(12)7-4-6(5(2)11)9-10-7/h4-5,11H,3H2,1-2H3,(H,9,10)/t5-/m1/s1. The number of ether oxygens (including phenoxy) is 1. The van der Waals surface area contributed by atoms with E-state index in [1.54, 1.807) is 13.8 Å². The third-order valence-corrected chi connectivity index (χ3v) is 1.53. The minimum absolute atomic E-state index is 0.192. The Morgan fingerprint density at radius 1 is 1.85 bits per heavy atom. The van der Waals surface area contributed by atoms with Crippen molar-refractivity contribution in [1.29, 1.82) is 0 Å². The summed E-state index contributed by atoms with van der Waals surface area (Å²) in [6, 6.07) is 1.47. The van der Waals surface area contributed by atoms with Crippen LogP contribution in [0.3, 0.4) is 0 Å². The highest BCUT2D eigenvalue weighted by Crippen LogP contribution is 2.09. The van der Waals surface area contributed by atoms with Crippen LogP contribution in [0.5, 0.6) is 0 Å². The Labute approximate surface area is 75.7 Å². The number of nitrogens with zero attached hydrogens (tertiary/aromatic N) is 1. The normalized spacial score (nSPS) is 12.5. The largest absolute Gasteiger partial charge is 0.461 e. The lowest BCUT2D eigenvalue weighted by Gasteiger charge is -1.96. The Bertz CT molecular complexity index is 293. The third kappa shape index (κ3) is 2.29. The Kier molecular flexibility index (Phi) is 3.02. The van der Waals surface area contributed by atoms with Gasteiger partial charge in [0.2, 0.25) is 0 Å². The predicted octanol–water partition coefficient (Wildman–Crippen LogP) is 0.640. The monoisotopic (exact) mass is 184 g/mol. The summed E-state index contributed by atoms with van der Waals surface area (Å²) >= 11 is 0. The highest BCUT2D eigenvalue weighted by atomic mass is 16.5. The number of aromatic nitrogens is 2. The first kappa shape index (κ1) is 9.73. The molecular formula is C8H12N2O3. The first-order chi connectivity index (χ1) is 6.15. The second-order valence-electron chi connectivity index (χ2n) is 2.60. The number of carbonyl (C=O) groups is 1. The van der Waals surface area contributed by atoms with Crippen molar-refractivity contribution in [2.45, 2.75) is 20.0 Å². The molecule has 1 heterocycles. The summed E-state index contributed by atoms with van der Waals surface area (Å²) in [5, 5.41) is 15.4. The van der Waals surface area contributed by atoms with Crippen LogP contribution in [-0.4, -0.2) is 27.9 Å². The molecule has 0 unspecified atom stereocenters. The zero-order valence-corrected chi connectivity index (χ0v) is 7.57. The van der Waals surface area contributed by atoms with Gasteiger partial charge < -0.3 is 9.84 Å². The van der Waals surface area contributed by atoms with Crippen LogP contribution in [0.4, 0.5) is 0 Å². The maximum absolute atomic E-state index is 11.1. The van der Waals surface area contributed by atoms with Crippen molar-refractivity contribution in [3.05, 3.63) is 17.5 Å². The second-order valence-corrected chi connectivity index (χ2v) is 2.60. The average molecular weight is 184 g/mol. The Morgan fingerprint density at radius 2 is 2.54 bits per heavy atom. The lowest BCUT2D eigenvalue weighted by molar-refractivity contribution is 0.0519. The molecule has 0 saturated heterocycles. The van der Waals surface area contributed by atoms with Crippen LogP contribution in [-0.2, 0) is 4.74 Å². The van der Waals surface area contributed by atoms with Gasteiger partial charge in [-0.25, -0.2) is 4.79 Å². The minimum Gasteiger partial charge on any atom is -0.461 e. The lowest BCUT2D eigenvalue weighted by Crippen LogP contribution is -2.04. The SMILES string of the molecule is CCOC(=O)c1cc([C@@H](C)O)[nH]n1. The van der Waals surface area contributed by atoms with E-state index in [1.165, 1.54) is 6.07 Å². The van der Waals surface area contributed by atoms with Gasteiger partial charge in [0.25, 0.3) is 0 Å². The highest BCUT2D eigenvalue weighted by molar-refractivity contribution is 5.87. The van der Waals surface area contributed by atoms with Crippen LogP contribution in [0, 0.1) is 0 Å². The highest BCUT2D eigenvalue weighted by Gasteiger charge is 2.12. The third-order valence-electron chi connectivity index (χ3n) is 1.53. The van der Waals surface area contributed by atoms with E-state index in [9.17, 15) is 4.79 Å². The molecule has 0 aliphatic carbocycles. The van der Waals surface area contributed by atoms with Gasteiger partial charge in [0, 0.05) is 0 Å². The molecule has 1 rings (SSSR count). The van der Waals surface area contributed by atoms with Gasteiger partial charge in [0.15, 0.2) is 5.69 Å². The number of carbonyl (C=O) groups excluding carboxylic acids is 1. The van der Waals surface area contributed by atoms with Crippen LogP contribution in [0.1, 0.15) is 36.1 Å². The molecule has 1 aromatic rings. The van der Waals surface area contributed by atoms with E-state index in [0.717, 1.165) is 0 Å². The van der Waals surface area contributed by atoms with E-state index in [1.807, 2.05) is 0 Å². The van der Waals surface area contributed by atoms with Crippen LogP contribution in [0.15, 0.2) is 6.07 Å². The summed E-state index contributed by atoms with van der Waals surface area (Å²) < 4.78 is 4.72. The van der Waals surface area contributed by atoms with E-state index in [2.05, 4.69) is 10.2 Å². The van der Waals surface area contributed by atoms with Gasteiger partial charge in [0.05, 0.1) is 18.4 Å². The molecule has 0 saturated carbocycles. The summed E-state index contributed by atoms with van der Waals surface area (Å²) in [4.78, 5) is 11.1. The summed E-state index contributed by atoms with van der Waals surface area (Å²) in [5.74, 6) is -0.481. The van der Waals surface area contributed by atoms with Crippen LogP contribution >= 0.6 is 0 Å². The minimum atomic E-state index is -0.657. The zero-order valence-electron chi connectivity index (χ0n) is 7.57. The first-order valence-corrected chi connectivity index (χ1v) is 4.05. The Morgan fingerprint density at radius 3 is 3.00 bits per heavy atom. The molecule has 2 N–H and O–H groups in total. The number of hydrogen-bond acceptors (Lipinski definition) is 4. The summed E-state index contributed by atoms with van der Waals surface area (Å²) in [5.41, 5.74) is 0.695. The molecule has 0 aliphatic heterocycles. The van der Waals surface area contributed by atoms with Gasteiger partial charge in [-0.3, -0.25) is 5.10 Å². The number of aliphatic hydroxyl groups is 1. The molecule has 13 heavy (non-hydrogen) atoms. The molecule has 1 atom stereocenters. The Balaban J connectivity index is 2.73. The average Bonchev–Trinajstić information content (AvgIpc) is 2.52. The van der Waals surface area contributed by atoms with Crippen molar-refractivity contribution in [2.24, 2.45) is 0 Å². The smallest absolute Gasteiger partial charge is 0.358 e. The number of H-pyrrole nitrogens is 1. The molecule has 0 radical (unpaired) electrons. The van der Waals surface area contributed by atoms with Crippen molar-refractivity contribution < 1.29 is 14.6 Å². The fourth-order valence-corrected chi connectivity index (χ4v) is 0.860. The zero-order chi connectivity index (χ0) is 9.84. The molecular weight excluding hydrogens is 172 g/mol. The van der Waals surface area contributed by atoms with Crippen LogP contribution < -0.4 is 0 Å². The maximum atomic E-state index is 11.1. The number of rotatable bonds is 3. The van der Waals surface area contributed by atoms with Gasteiger partial charge in [-0.05, 0) is 19.9 Å². The molecule has 5 nitrogen and oxygen atoms in total. The molecule has 0 aliphatic rings. The molecule has 0 aromatic carbocycles. The number of aromatic amines is 1. The molecule has 72 valence electrons. The maximum Gasteiger partial charge on any atom is 0.358 e. The first-order valence-electron chi connectivity index (χ1n) is 4.05. The second kappa shape index (κ2) is 4.04. The van der Waals surface area contributed by atoms with Crippen LogP contribution in [0.25, 0.3) is 0 Å². The van der Waals surface area contributed by atoms with Crippen molar-refractivity contribution in [3.8, 4) is 0 Å². The van der Waals surface area contributed by atoms with Gasteiger partial charge >= 0.3 is 5.97 Å². The van der Waals surface area contributed by atoms with Gasteiger partial charge in [-0.15, -0.1) is 0 Å². The van der Waals surface area contributed by atoms with Crippen LogP contribution in [0.2, 0.25) is 0 Å². The molecule has 1 aromatic heterocycles. The van der Waals surface area contributed by atoms with Gasteiger partial charge in [-0.2, -0.15) is 5.10 Å². The molecule has 0 fully saturated rings. The van der Waals surface area contributed by atoms with E-state index in [4.69, 9.17) is 9.84 Å². The van der Waals surface area contributed by atoms with E-state index >= 15 is 0 Å². The molecule has 5 heteroatoms. The van der Waals surface area contributed by atoms with Crippen molar-refractivity contribution >= 4 is 5.97 Å². The number of nitrogens with one attached hydrogen (secondary N) is 1. The van der Waals surface area contributed by atoms with Gasteiger partial charge in [-0.1, -0.05) is 0 Å². The quantitative estimate of drug-likeness (QED) is 0.676. The topological polar surface area (TPSA) is 75.2 Å². The van der Waals surface area contributed by atoms with Crippen molar-refractivity contribution in [2.75, 3.05) is 6.61 Å².